The molecule has 80 valence electrons. The molecule has 1 aliphatic rings. The summed E-state index contributed by atoms with van der Waals surface area (Å²) in [6, 6.07) is 0. The van der Waals surface area contributed by atoms with Gasteiger partial charge in [-0.25, -0.2) is 9.97 Å². The third kappa shape index (κ3) is 2.65. The van der Waals surface area contributed by atoms with Gasteiger partial charge in [0, 0.05) is 6.42 Å². The standard InChI is InChI=1S/C10H13N3O2/c1-10(2)3-8(13-15-10)6-14-9-4-11-7-12-5-9/h4-5,7H,3,6H2,1-2H3. The van der Waals surface area contributed by atoms with Crippen LogP contribution in [-0.4, -0.2) is 27.9 Å². The maximum atomic E-state index is 5.45. The smallest absolute Gasteiger partial charge is 0.156 e. The van der Waals surface area contributed by atoms with Crippen LogP contribution >= 0.6 is 0 Å². The van der Waals surface area contributed by atoms with Crippen molar-refractivity contribution in [2.75, 3.05) is 6.61 Å². The van der Waals surface area contributed by atoms with Crippen LogP contribution in [0.1, 0.15) is 20.3 Å². The number of hydrogen-bond acceptors (Lipinski definition) is 5. The van der Waals surface area contributed by atoms with Gasteiger partial charge < -0.3 is 9.57 Å². The quantitative estimate of drug-likeness (QED) is 0.752. The average molecular weight is 207 g/mol. The van der Waals surface area contributed by atoms with Crippen LogP contribution in [0.5, 0.6) is 5.75 Å². The van der Waals surface area contributed by atoms with Crippen molar-refractivity contribution in [1.82, 2.24) is 9.97 Å². The molecular formula is C10H13N3O2. The van der Waals surface area contributed by atoms with Gasteiger partial charge in [-0.1, -0.05) is 5.16 Å². The van der Waals surface area contributed by atoms with Gasteiger partial charge in [-0.15, -0.1) is 0 Å². The van der Waals surface area contributed by atoms with Crippen molar-refractivity contribution >= 4 is 5.71 Å². The van der Waals surface area contributed by atoms with Gasteiger partial charge in [-0.05, 0) is 13.8 Å². The fourth-order valence-corrected chi connectivity index (χ4v) is 1.35. The highest BCUT2D eigenvalue weighted by Crippen LogP contribution is 2.22. The summed E-state index contributed by atoms with van der Waals surface area (Å²) >= 11 is 0. The third-order valence-corrected chi connectivity index (χ3v) is 1.99. The highest BCUT2D eigenvalue weighted by Gasteiger charge is 2.28. The van der Waals surface area contributed by atoms with E-state index in [0.717, 1.165) is 12.1 Å². The van der Waals surface area contributed by atoms with Crippen LogP contribution in [0, 0.1) is 0 Å². The molecule has 0 spiro atoms. The van der Waals surface area contributed by atoms with Gasteiger partial charge in [-0.2, -0.15) is 0 Å². The van der Waals surface area contributed by atoms with E-state index in [0.29, 0.717) is 12.4 Å². The van der Waals surface area contributed by atoms with Gasteiger partial charge in [0.05, 0.1) is 18.1 Å². The Labute approximate surface area is 88.1 Å². The van der Waals surface area contributed by atoms with Crippen LogP contribution in [0.3, 0.4) is 0 Å². The Hall–Kier alpha value is -1.65. The molecule has 2 heterocycles. The lowest BCUT2D eigenvalue weighted by atomic mass is 10.0. The molecule has 0 aliphatic carbocycles. The molecule has 0 saturated heterocycles. The molecule has 0 fully saturated rings. The Kier molecular flexibility index (Phi) is 2.53. The molecule has 5 heteroatoms. The zero-order valence-electron chi connectivity index (χ0n) is 8.80. The van der Waals surface area contributed by atoms with Crippen LogP contribution in [0.4, 0.5) is 0 Å². The molecule has 15 heavy (non-hydrogen) atoms. The number of hydrogen-bond donors (Lipinski definition) is 0. The van der Waals surface area contributed by atoms with Crippen molar-refractivity contribution in [3.63, 3.8) is 0 Å². The minimum atomic E-state index is -0.202. The number of rotatable bonds is 3. The molecule has 0 atom stereocenters. The van der Waals surface area contributed by atoms with E-state index >= 15 is 0 Å². The van der Waals surface area contributed by atoms with Crippen LogP contribution in [-0.2, 0) is 4.84 Å². The summed E-state index contributed by atoms with van der Waals surface area (Å²) in [6.07, 6.45) is 5.50. The lowest BCUT2D eigenvalue weighted by Crippen LogP contribution is -2.21. The first-order valence-electron chi connectivity index (χ1n) is 4.77. The minimum Gasteiger partial charge on any atom is -0.484 e. The topological polar surface area (TPSA) is 56.6 Å². The molecule has 1 aliphatic heterocycles. The first kappa shape index (κ1) is 9.89. The minimum absolute atomic E-state index is 0.202. The highest BCUT2D eigenvalue weighted by molar-refractivity contribution is 5.87. The number of nitrogens with zero attached hydrogens (tertiary/aromatic N) is 3. The van der Waals surface area contributed by atoms with Gasteiger partial charge in [0.1, 0.15) is 18.5 Å². The summed E-state index contributed by atoms with van der Waals surface area (Å²) in [5, 5.41) is 3.95. The van der Waals surface area contributed by atoms with Crippen molar-refractivity contribution in [1.29, 1.82) is 0 Å². The van der Waals surface area contributed by atoms with Crippen LogP contribution in [0.15, 0.2) is 23.9 Å². The normalized spacial score (nSPS) is 18.1. The molecule has 0 radical (unpaired) electrons. The maximum Gasteiger partial charge on any atom is 0.156 e. The van der Waals surface area contributed by atoms with E-state index in [9.17, 15) is 0 Å². The molecule has 0 saturated carbocycles. The van der Waals surface area contributed by atoms with Crippen molar-refractivity contribution in [2.24, 2.45) is 5.16 Å². The van der Waals surface area contributed by atoms with Crippen molar-refractivity contribution in [3.05, 3.63) is 18.7 Å². The van der Waals surface area contributed by atoms with Gasteiger partial charge in [0.25, 0.3) is 0 Å². The van der Waals surface area contributed by atoms with E-state index in [2.05, 4.69) is 15.1 Å². The van der Waals surface area contributed by atoms with Crippen LogP contribution in [0.2, 0.25) is 0 Å². The lowest BCUT2D eigenvalue weighted by molar-refractivity contribution is 0.0123. The fraction of sp³-hybridized carbons (Fsp3) is 0.500. The maximum absolute atomic E-state index is 5.45. The highest BCUT2D eigenvalue weighted by atomic mass is 16.7. The molecule has 0 bridgehead atoms. The Morgan fingerprint density at radius 1 is 1.40 bits per heavy atom. The van der Waals surface area contributed by atoms with Crippen molar-refractivity contribution < 1.29 is 9.57 Å². The second-order valence-corrected chi connectivity index (χ2v) is 4.05. The molecular weight excluding hydrogens is 194 g/mol. The van der Waals surface area contributed by atoms with Crippen molar-refractivity contribution in [2.45, 2.75) is 25.9 Å². The van der Waals surface area contributed by atoms with Gasteiger partial charge in [0.15, 0.2) is 5.75 Å². The summed E-state index contributed by atoms with van der Waals surface area (Å²) < 4.78 is 5.45. The zero-order valence-corrected chi connectivity index (χ0v) is 8.80. The second kappa shape index (κ2) is 3.84. The predicted octanol–water partition coefficient (Wildman–Crippen LogP) is 1.41. The summed E-state index contributed by atoms with van der Waals surface area (Å²) in [6.45, 7) is 4.42. The SMILES string of the molecule is CC1(C)CC(COc2cncnc2)=NO1. The number of ether oxygens (including phenoxy) is 1. The molecule has 0 N–H and O–H groups in total. The summed E-state index contributed by atoms with van der Waals surface area (Å²) in [7, 11) is 0. The van der Waals surface area contributed by atoms with E-state index in [-0.39, 0.29) is 5.60 Å². The molecule has 5 nitrogen and oxygen atoms in total. The van der Waals surface area contributed by atoms with Gasteiger partial charge in [0.2, 0.25) is 0 Å². The molecule has 0 unspecified atom stereocenters. The van der Waals surface area contributed by atoms with Crippen LogP contribution in [0.25, 0.3) is 0 Å². The largest absolute Gasteiger partial charge is 0.484 e. The molecule has 0 aromatic carbocycles. The summed E-state index contributed by atoms with van der Waals surface area (Å²) in [4.78, 5) is 12.9. The second-order valence-electron chi connectivity index (χ2n) is 4.05. The van der Waals surface area contributed by atoms with Crippen LogP contribution < -0.4 is 4.74 Å². The first-order valence-corrected chi connectivity index (χ1v) is 4.77. The Balaban J connectivity index is 1.85. The Morgan fingerprint density at radius 2 is 2.13 bits per heavy atom. The van der Waals surface area contributed by atoms with E-state index in [1.807, 2.05) is 13.8 Å². The predicted molar refractivity (Wildman–Crippen MR) is 54.7 cm³/mol. The van der Waals surface area contributed by atoms with Crippen molar-refractivity contribution in [3.8, 4) is 5.75 Å². The number of aromatic nitrogens is 2. The molecule has 0 amide bonds. The average Bonchev–Trinajstić information content (AvgIpc) is 2.57. The Morgan fingerprint density at radius 3 is 2.73 bits per heavy atom. The van der Waals surface area contributed by atoms with E-state index < -0.39 is 0 Å². The first-order chi connectivity index (χ1) is 7.16. The summed E-state index contributed by atoms with van der Waals surface area (Å²) in [5.41, 5.74) is 0.704. The lowest BCUT2D eigenvalue weighted by Gasteiger charge is -2.13. The molecule has 1 aromatic heterocycles. The zero-order chi connectivity index (χ0) is 10.7. The summed E-state index contributed by atoms with van der Waals surface area (Å²) in [5.74, 6) is 0.643. The van der Waals surface area contributed by atoms with E-state index in [1.165, 1.54) is 6.33 Å². The van der Waals surface area contributed by atoms with E-state index in [4.69, 9.17) is 9.57 Å². The number of oxime groups is 1. The van der Waals surface area contributed by atoms with Gasteiger partial charge in [-0.3, -0.25) is 0 Å². The fourth-order valence-electron chi connectivity index (χ4n) is 1.35. The van der Waals surface area contributed by atoms with Gasteiger partial charge >= 0.3 is 0 Å². The molecule has 1 aromatic rings. The monoisotopic (exact) mass is 207 g/mol. The van der Waals surface area contributed by atoms with E-state index in [1.54, 1.807) is 12.4 Å². The molecule has 2 rings (SSSR count). The Bertz CT molecular complexity index is 362. The third-order valence-electron chi connectivity index (χ3n) is 1.99.